The van der Waals surface area contributed by atoms with Crippen molar-refractivity contribution in [1.29, 1.82) is 0 Å². The molecule has 2 rings (SSSR count). The standard InChI is InChI=1S/C10H10N4O4/c1-13-7(6(4-11-13)9(16)17)5-14-3-2-8(15)12-10(14)18/h2-4H,5H2,1H3,(H,16,17)(H,12,15,18). The molecule has 0 aromatic carbocycles. The van der Waals surface area contributed by atoms with Gasteiger partial charge in [-0.05, 0) is 0 Å². The largest absolute Gasteiger partial charge is 0.478 e. The summed E-state index contributed by atoms with van der Waals surface area (Å²) in [6.07, 6.45) is 2.52. The molecule has 0 bridgehead atoms. The molecule has 2 heterocycles. The van der Waals surface area contributed by atoms with Gasteiger partial charge < -0.3 is 5.11 Å². The molecule has 0 radical (unpaired) electrons. The van der Waals surface area contributed by atoms with E-state index in [0.717, 1.165) is 0 Å². The maximum atomic E-state index is 11.5. The predicted octanol–water partition coefficient (Wildman–Crippen LogP) is -0.983. The van der Waals surface area contributed by atoms with E-state index in [2.05, 4.69) is 10.1 Å². The van der Waals surface area contributed by atoms with Crippen molar-refractivity contribution in [3.63, 3.8) is 0 Å². The quantitative estimate of drug-likeness (QED) is 0.727. The molecule has 18 heavy (non-hydrogen) atoms. The Balaban J connectivity index is 2.46. The third-order valence-electron chi connectivity index (χ3n) is 2.51. The average molecular weight is 250 g/mol. The van der Waals surface area contributed by atoms with Gasteiger partial charge >= 0.3 is 11.7 Å². The average Bonchev–Trinajstić information content (AvgIpc) is 2.64. The zero-order valence-corrected chi connectivity index (χ0v) is 9.45. The van der Waals surface area contributed by atoms with Gasteiger partial charge in [0, 0.05) is 19.3 Å². The van der Waals surface area contributed by atoms with Crippen LogP contribution in [0, 0.1) is 0 Å². The molecule has 8 heteroatoms. The van der Waals surface area contributed by atoms with Crippen LogP contribution in [-0.4, -0.2) is 30.4 Å². The lowest BCUT2D eigenvalue weighted by atomic mass is 10.2. The number of hydrogen-bond donors (Lipinski definition) is 2. The molecule has 0 fully saturated rings. The molecule has 2 N–H and O–H groups in total. The highest BCUT2D eigenvalue weighted by atomic mass is 16.4. The van der Waals surface area contributed by atoms with Crippen molar-refractivity contribution in [2.24, 2.45) is 7.05 Å². The molecule has 0 aliphatic carbocycles. The highest BCUT2D eigenvalue weighted by molar-refractivity contribution is 5.88. The summed E-state index contributed by atoms with van der Waals surface area (Å²) in [6, 6.07) is 1.19. The Bertz CT molecular complexity index is 709. The molecular formula is C10H10N4O4. The maximum absolute atomic E-state index is 11.5. The second-order valence-electron chi connectivity index (χ2n) is 3.67. The SMILES string of the molecule is Cn1ncc(C(=O)O)c1Cn1ccc(=O)[nH]c1=O. The lowest BCUT2D eigenvalue weighted by Crippen LogP contribution is -2.29. The van der Waals surface area contributed by atoms with Crippen LogP contribution in [0.1, 0.15) is 16.1 Å². The van der Waals surface area contributed by atoms with Crippen molar-refractivity contribution in [1.82, 2.24) is 19.3 Å². The van der Waals surface area contributed by atoms with Crippen LogP contribution in [0.4, 0.5) is 0 Å². The first-order valence-corrected chi connectivity index (χ1v) is 5.03. The van der Waals surface area contributed by atoms with Gasteiger partial charge in [0.1, 0.15) is 5.56 Å². The Kier molecular flexibility index (Phi) is 2.84. The van der Waals surface area contributed by atoms with Crippen LogP contribution in [0.5, 0.6) is 0 Å². The molecule has 0 saturated heterocycles. The minimum atomic E-state index is -1.12. The van der Waals surface area contributed by atoms with E-state index in [-0.39, 0.29) is 12.1 Å². The van der Waals surface area contributed by atoms with Crippen LogP contribution < -0.4 is 11.2 Å². The van der Waals surface area contributed by atoms with Gasteiger partial charge in [0.15, 0.2) is 0 Å². The topological polar surface area (TPSA) is 110 Å². The van der Waals surface area contributed by atoms with Gasteiger partial charge in [0.05, 0.1) is 18.4 Å². The van der Waals surface area contributed by atoms with Crippen LogP contribution in [0.3, 0.4) is 0 Å². The summed E-state index contributed by atoms with van der Waals surface area (Å²) in [5.74, 6) is -1.12. The summed E-state index contributed by atoms with van der Waals surface area (Å²) < 4.78 is 2.58. The minimum Gasteiger partial charge on any atom is -0.478 e. The second kappa shape index (κ2) is 4.32. The predicted molar refractivity (Wildman–Crippen MR) is 60.6 cm³/mol. The Morgan fingerprint density at radius 2 is 2.22 bits per heavy atom. The first-order valence-electron chi connectivity index (χ1n) is 5.03. The Morgan fingerprint density at radius 3 is 2.83 bits per heavy atom. The molecular weight excluding hydrogens is 240 g/mol. The van der Waals surface area contributed by atoms with E-state index in [9.17, 15) is 14.4 Å². The molecule has 94 valence electrons. The van der Waals surface area contributed by atoms with E-state index in [1.54, 1.807) is 7.05 Å². The highest BCUT2D eigenvalue weighted by Crippen LogP contribution is 2.08. The van der Waals surface area contributed by atoms with Crippen molar-refractivity contribution >= 4 is 5.97 Å². The van der Waals surface area contributed by atoms with E-state index >= 15 is 0 Å². The fraction of sp³-hybridized carbons (Fsp3) is 0.200. The van der Waals surface area contributed by atoms with Gasteiger partial charge in [0.2, 0.25) is 0 Å². The van der Waals surface area contributed by atoms with Crippen molar-refractivity contribution in [2.45, 2.75) is 6.54 Å². The molecule has 2 aromatic heterocycles. The van der Waals surface area contributed by atoms with Crippen LogP contribution >= 0.6 is 0 Å². The molecule has 8 nitrogen and oxygen atoms in total. The number of aromatic amines is 1. The molecule has 0 saturated carbocycles. The molecule has 0 spiro atoms. The number of hydrogen-bond acceptors (Lipinski definition) is 4. The third kappa shape index (κ3) is 2.08. The van der Waals surface area contributed by atoms with E-state index in [1.807, 2.05) is 0 Å². The van der Waals surface area contributed by atoms with Crippen molar-refractivity contribution in [3.05, 3.63) is 50.6 Å². The maximum Gasteiger partial charge on any atom is 0.339 e. The van der Waals surface area contributed by atoms with Gasteiger partial charge in [-0.25, -0.2) is 9.59 Å². The van der Waals surface area contributed by atoms with Gasteiger partial charge in [-0.1, -0.05) is 0 Å². The Morgan fingerprint density at radius 1 is 1.50 bits per heavy atom. The molecule has 2 aromatic rings. The number of rotatable bonds is 3. The summed E-state index contributed by atoms with van der Waals surface area (Å²) in [5.41, 5.74) is -0.702. The number of nitrogens with one attached hydrogen (secondary N) is 1. The van der Waals surface area contributed by atoms with Gasteiger partial charge in [0.25, 0.3) is 5.56 Å². The van der Waals surface area contributed by atoms with Gasteiger partial charge in [-0.2, -0.15) is 5.10 Å². The van der Waals surface area contributed by atoms with Crippen LogP contribution in [0.2, 0.25) is 0 Å². The van der Waals surface area contributed by atoms with Crippen LogP contribution in [0.25, 0.3) is 0 Å². The van der Waals surface area contributed by atoms with Crippen LogP contribution in [0.15, 0.2) is 28.0 Å². The number of carbonyl (C=O) groups is 1. The Labute approximate surface area is 100 Å². The number of H-pyrrole nitrogens is 1. The highest BCUT2D eigenvalue weighted by Gasteiger charge is 2.15. The van der Waals surface area contributed by atoms with Crippen LogP contribution in [-0.2, 0) is 13.6 Å². The Hall–Kier alpha value is -2.64. The first-order chi connectivity index (χ1) is 8.49. The minimum absolute atomic E-state index is 0.0216. The van der Waals surface area contributed by atoms with E-state index in [4.69, 9.17) is 5.11 Å². The smallest absolute Gasteiger partial charge is 0.339 e. The van der Waals surface area contributed by atoms with E-state index in [0.29, 0.717) is 5.69 Å². The number of aromatic nitrogens is 4. The number of aryl methyl sites for hydroxylation is 1. The number of carboxylic acids is 1. The first kappa shape index (κ1) is 11.8. The summed E-state index contributed by atoms with van der Waals surface area (Å²) in [4.78, 5) is 35.5. The second-order valence-corrected chi connectivity index (χ2v) is 3.67. The monoisotopic (exact) mass is 250 g/mol. The summed E-state index contributed by atoms with van der Waals surface area (Å²) in [6.45, 7) is 0.0216. The van der Waals surface area contributed by atoms with E-state index < -0.39 is 17.2 Å². The van der Waals surface area contributed by atoms with Crippen molar-refractivity contribution < 1.29 is 9.90 Å². The number of carboxylic acid groups (broad SMARTS) is 1. The zero-order valence-electron chi connectivity index (χ0n) is 9.45. The number of aromatic carboxylic acids is 1. The summed E-state index contributed by atoms with van der Waals surface area (Å²) >= 11 is 0. The van der Waals surface area contributed by atoms with Gasteiger partial charge in [-0.15, -0.1) is 0 Å². The summed E-state index contributed by atoms with van der Waals surface area (Å²) in [7, 11) is 1.58. The lowest BCUT2D eigenvalue weighted by molar-refractivity contribution is 0.0695. The zero-order chi connectivity index (χ0) is 13.3. The fourth-order valence-electron chi connectivity index (χ4n) is 1.56. The van der Waals surface area contributed by atoms with Gasteiger partial charge in [-0.3, -0.25) is 19.0 Å². The van der Waals surface area contributed by atoms with E-state index in [1.165, 1.54) is 27.7 Å². The fourth-order valence-corrected chi connectivity index (χ4v) is 1.56. The molecule has 0 aliphatic heterocycles. The summed E-state index contributed by atoms with van der Waals surface area (Å²) in [5, 5.41) is 12.8. The molecule has 0 amide bonds. The number of nitrogens with zero attached hydrogens (tertiary/aromatic N) is 3. The lowest BCUT2D eigenvalue weighted by Gasteiger charge is -2.06. The van der Waals surface area contributed by atoms with Crippen molar-refractivity contribution in [2.75, 3.05) is 0 Å². The third-order valence-corrected chi connectivity index (χ3v) is 2.51. The van der Waals surface area contributed by atoms with Crippen molar-refractivity contribution in [3.8, 4) is 0 Å². The molecule has 0 atom stereocenters. The molecule has 0 aliphatic rings. The molecule has 0 unspecified atom stereocenters. The normalized spacial score (nSPS) is 10.5.